The van der Waals surface area contributed by atoms with E-state index in [1.165, 1.54) is 0 Å². The second kappa shape index (κ2) is 20.4. The summed E-state index contributed by atoms with van der Waals surface area (Å²) in [4.78, 5) is 83.4. The van der Waals surface area contributed by atoms with Gasteiger partial charge in [0.05, 0.1) is 0 Å². The van der Waals surface area contributed by atoms with Crippen LogP contribution in [0.15, 0.2) is 97.1 Å². The Balaban J connectivity index is 0.000000925. The van der Waals surface area contributed by atoms with Crippen molar-refractivity contribution in [1.82, 2.24) is 16.0 Å². The maximum atomic E-state index is 13.0. The van der Waals surface area contributed by atoms with Gasteiger partial charge >= 0.3 is 35.5 Å². The van der Waals surface area contributed by atoms with Gasteiger partial charge in [0.1, 0.15) is 31.8 Å². The maximum absolute atomic E-state index is 13.0. The Labute approximate surface area is 349 Å². The standard InChI is InChI=1S/C40H37N3O10S.C2HF3O2/c44-35(18-17-33(38(48)49)43-39(50)52-20-31-27-13-5-1-9-23(27)24-10-2-6-14-28(24)31)42-34(37(47)41-19-36(45)46)22-54-40(51)53-21-32-29-15-7-3-11-25(29)26-12-4-8-16-30(26)32;3-2(4,5)1(6)7/h1-16,31-34H,17-22H2,(H,41,47)(H,42,44)(H,43,50)(H,45,46)(H,48,49);(H,6,7)/t33-,34-;/m0./s1. The van der Waals surface area contributed by atoms with E-state index in [0.29, 0.717) is 11.8 Å². The fourth-order valence-corrected chi connectivity index (χ4v) is 7.52. The van der Waals surface area contributed by atoms with Gasteiger partial charge in [-0.2, -0.15) is 13.2 Å². The van der Waals surface area contributed by atoms with Crippen LogP contribution in [-0.4, -0.2) is 100 Å². The summed E-state index contributed by atoms with van der Waals surface area (Å²) >= 11 is 0.628. The van der Waals surface area contributed by atoms with Gasteiger partial charge in [0, 0.05) is 24.0 Å². The first kappa shape index (κ1) is 45.2. The summed E-state index contributed by atoms with van der Waals surface area (Å²) in [7, 11) is 0. The van der Waals surface area contributed by atoms with E-state index in [-0.39, 0.29) is 37.2 Å². The van der Waals surface area contributed by atoms with Gasteiger partial charge in [0.15, 0.2) is 0 Å². The van der Waals surface area contributed by atoms with Crippen molar-refractivity contribution in [3.05, 3.63) is 119 Å². The predicted octanol–water partition coefficient (Wildman–Crippen LogP) is 5.76. The molecule has 4 aromatic rings. The zero-order chi connectivity index (χ0) is 44.3. The lowest BCUT2D eigenvalue weighted by atomic mass is 9.98. The number of alkyl carbamates (subject to hydrolysis) is 1. The summed E-state index contributed by atoms with van der Waals surface area (Å²) in [6.07, 6.45) is -6.84. The highest BCUT2D eigenvalue weighted by Gasteiger charge is 2.38. The van der Waals surface area contributed by atoms with Gasteiger partial charge < -0.3 is 40.7 Å². The van der Waals surface area contributed by atoms with Crippen molar-refractivity contribution < 1.29 is 71.5 Å². The van der Waals surface area contributed by atoms with Crippen LogP contribution in [0.25, 0.3) is 22.3 Å². The average Bonchev–Trinajstić information content (AvgIpc) is 3.73. The van der Waals surface area contributed by atoms with Crippen molar-refractivity contribution in [3.63, 3.8) is 0 Å². The number of hydrogen-bond donors (Lipinski definition) is 6. The Hall–Kier alpha value is -6.89. The SMILES string of the molecule is O=C(O)C(F)(F)F.O=C(O)CNC(=O)[C@H](CSC(=O)OCC1c2ccccc2-c2ccccc21)NC(=O)CC[C@H](NC(=O)OCC1c2ccccc2-c2ccccc21)C(=O)O. The van der Waals surface area contributed by atoms with E-state index in [1.807, 2.05) is 97.1 Å². The molecule has 320 valence electrons. The molecule has 0 radical (unpaired) electrons. The minimum Gasteiger partial charge on any atom is -0.480 e. The van der Waals surface area contributed by atoms with E-state index in [4.69, 9.17) is 24.5 Å². The summed E-state index contributed by atoms with van der Waals surface area (Å²) < 4.78 is 42.8. The summed E-state index contributed by atoms with van der Waals surface area (Å²) in [5.74, 6) is -7.84. The number of alkyl halides is 3. The average molecular weight is 866 g/mol. The number of rotatable bonds is 15. The molecule has 6 rings (SSSR count). The Morgan fingerprint density at radius 3 is 1.48 bits per heavy atom. The van der Waals surface area contributed by atoms with Crippen LogP contribution >= 0.6 is 11.8 Å². The molecule has 0 aliphatic heterocycles. The fourth-order valence-electron chi connectivity index (χ4n) is 6.83. The molecule has 0 heterocycles. The molecule has 2 aliphatic carbocycles. The molecule has 0 bridgehead atoms. The Kier molecular flexibility index (Phi) is 15.1. The number of carboxylic acids is 3. The molecule has 3 amide bonds. The van der Waals surface area contributed by atoms with E-state index in [0.717, 1.165) is 44.5 Å². The van der Waals surface area contributed by atoms with Crippen LogP contribution in [0.3, 0.4) is 0 Å². The number of carboxylic acid groups (broad SMARTS) is 3. The number of thioether (sulfide) groups is 1. The lowest BCUT2D eigenvalue weighted by Gasteiger charge is -2.19. The van der Waals surface area contributed by atoms with Crippen LogP contribution in [-0.2, 0) is 33.4 Å². The van der Waals surface area contributed by atoms with Crippen LogP contribution in [0.5, 0.6) is 0 Å². The van der Waals surface area contributed by atoms with Gasteiger partial charge in [-0.25, -0.2) is 19.2 Å². The molecule has 6 N–H and O–H groups in total. The molecule has 0 aromatic heterocycles. The molecular weight excluding hydrogens is 828 g/mol. The third-order valence-corrected chi connectivity index (χ3v) is 10.5. The van der Waals surface area contributed by atoms with Crippen LogP contribution in [0.1, 0.15) is 46.9 Å². The predicted molar refractivity (Wildman–Crippen MR) is 213 cm³/mol. The number of ether oxygens (including phenoxy) is 2. The number of fused-ring (bicyclic) bond motifs is 6. The molecular formula is C42H38F3N3O12S. The van der Waals surface area contributed by atoms with Crippen LogP contribution in [0.2, 0.25) is 0 Å². The van der Waals surface area contributed by atoms with Gasteiger partial charge in [-0.05, 0) is 62.7 Å². The van der Waals surface area contributed by atoms with Crippen LogP contribution < -0.4 is 16.0 Å². The number of carbonyl (C=O) groups is 7. The minimum atomic E-state index is -5.08. The molecule has 0 saturated carbocycles. The fraction of sp³-hybridized carbons (Fsp3) is 0.262. The third kappa shape index (κ3) is 11.9. The molecule has 0 saturated heterocycles. The number of carbonyl (C=O) groups excluding carboxylic acids is 4. The lowest BCUT2D eigenvalue weighted by Crippen LogP contribution is -2.50. The molecule has 0 spiro atoms. The van der Waals surface area contributed by atoms with Crippen molar-refractivity contribution in [3.8, 4) is 22.3 Å². The normalized spacial score (nSPS) is 13.4. The van der Waals surface area contributed by atoms with Gasteiger partial charge in [0.25, 0.3) is 0 Å². The Morgan fingerprint density at radius 1 is 0.639 bits per heavy atom. The first-order chi connectivity index (χ1) is 29.0. The Morgan fingerprint density at radius 2 is 1.07 bits per heavy atom. The van der Waals surface area contributed by atoms with E-state index in [1.54, 1.807) is 0 Å². The zero-order valence-electron chi connectivity index (χ0n) is 31.8. The largest absolute Gasteiger partial charge is 0.490 e. The van der Waals surface area contributed by atoms with Gasteiger partial charge in [-0.1, -0.05) is 97.1 Å². The molecule has 15 nitrogen and oxygen atoms in total. The molecule has 19 heteroatoms. The van der Waals surface area contributed by atoms with E-state index >= 15 is 0 Å². The van der Waals surface area contributed by atoms with Crippen molar-refractivity contribution in [1.29, 1.82) is 0 Å². The lowest BCUT2D eigenvalue weighted by molar-refractivity contribution is -0.192. The second-order valence-electron chi connectivity index (χ2n) is 13.5. The van der Waals surface area contributed by atoms with Gasteiger partial charge in [0.2, 0.25) is 11.8 Å². The van der Waals surface area contributed by atoms with Gasteiger partial charge in [-0.3, -0.25) is 14.4 Å². The highest BCUT2D eigenvalue weighted by Crippen LogP contribution is 2.45. The van der Waals surface area contributed by atoms with E-state index in [9.17, 15) is 47.0 Å². The number of nitrogens with one attached hydrogen (secondary N) is 3. The molecule has 2 atom stereocenters. The minimum absolute atomic E-state index is 0.0371. The van der Waals surface area contributed by atoms with Crippen molar-refractivity contribution in [2.24, 2.45) is 0 Å². The molecule has 0 fully saturated rings. The second-order valence-corrected chi connectivity index (χ2v) is 14.5. The van der Waals surface area contributed by atoms with Crippen LogP contribution in [0.4, 0.5) is 22.8 Å². The number of halogens is 3. The summed E-state index contributed by atoms with van der Waals surface area (Å²) in [5, 5.41) is 32.1. The smallest absolute Gasteiger partial charge is 0.480 e. The third-order valence-electron chi connectivity index (χ3n) is 9.60. The molecule has 0 unspecified atom stereocenters. The topological polar surface area (TPSA) is 235 Å². The first-order valence-corrected chi connectivity index (χ1v) is 19.4. The molecule has 61 heavy (non-hydrogen) atoms. The summed E-state index contributed by atoms with van der Waals surface area (Å²) in [6, 6.07) is 28.3. The number of hydrogen-bond acceptors (Lipinski definition) is 10. The van der Waals surface area contributed by atoms with Gasteiger partial charge in [-0.15, -0.1) is 0 Å². The zero-order valence-corrected chi connectivity index (χ0v) is 32.7. The highest BCUT2D eigenvalue weighted by atomic mass is 32.2. The first-order valence-electron chi connectivity index (χ1n) is 18.5. The molecule has 4 aromatic carbocycles. The maximum Gasteiger partial charge on any atom is 0.490 e. The monoisotopic (exact) mass is 865 g/mol. The number of amides is 3. The number of benzene rings is 4. The van der Waals surface area contributed by atoms with E-state index < -0.39 is 72.3 Å². The summed E-state index contributed by atoms with van der Waals surface area (Å²) in [6.45, 7) is -0.734. The van der Waals surface area contributed by atoms with Crippen LogP contribution in [0, 0.1) is 0 Å². The summed E-state index contributed by atoms with van der Waals surface area (Å²) in [5.41, 5.74) is 8.17. The Bertz CT molecular complexity index is 2220. The van der Waals surface area contributed by atoms with Crippen molar-refractivity contribution in [2.45, 2.75) is 42.9 Å². The number of aliphatic carboxylic acids is 3. The van der Waals surface area contributed by atoms with Crippen molar-refractivity contribution in [2.75, 3.05) is 25.5 Å². The molecule has 2 aliphatic rings. The van der Waals surface area contributed by atoms with E-state index in [2.05, 4.69) is 16.0 Å². The van der Waals surface area contributed by atoms with Crippen molar-refractivity contribution >= 4 is 52.9 Å². The quantitative estimate of drug-likeness (QED) is 0.0782. The highest BCUT2D eigenvalue weighted by molar-refractivity contribution is 8.13.